The number of hydrogen-bond donors (Lipinski definition) is 2. The summed E-state index contributed by atoms with van der Waals surface area (Å²) in [6.45, 7) is 0.0415. The van der Waals surface area contributed by atoms with Crippen molar-refractivity contribution in [1.82, 2.24) is 15.4 Å². The molecule has 19 heavy (non-hydrogen) atoms. The second kappa shape index (κ2) is 5.41. The summed E-state index contributed by atoms with van der Waals surface area (Å²) in [5.74, 6) is -1.15. The average molecular weight is 272 g/mol. The molecule has 2 heterocycles. The normalized spacial score (nSPS) is 25.6. The van der Waals surface area contributed by atoms with E-state index in [4.69, 9.17) is 10.6 Å². The van der Waals surface area contributed by atoms with Gasteiger partial charge in [0.15, 0.2) is 6.61 Å². The molecule has 0 aromatic rings. The molecule has 2 rings (SSSR count). The Bertz CT molecular complexity index is 401. The molecule has 0 aromatic carbocycles. The van der Waals surface area contributed by atoms with Crippen LogP contribution in [0.3, 0.4) is 0 Å². The van der Waals surface area contributed by atoms with Gasteiger partial charge in [-0.3, -0.25) is 19.3 Å². The second-order valence-electron chi connectivity index (χ2n) is 4.41. The lowest BCUT2D eigenvalue weighted by molar-refractivity contribution is -0.142. The Morgan fingerprint density at radius 1 is 1.47 bits per heavy atom. The van der Waals surface area contributed by atoms with Crippen molar-refractivity contribution in [3.8, 4) is 0 Å². The molecule has 2 bridgehead atoms. The maximum absolute atomic E-state index is 11.9. The number of carbonyl (C=O) groups is 3. The third kappa shape index (κ3) is 2.61. The van der Waals surface area contributed by atoms with Gasteiger partial charge < -0.3 is 10.6 Å². The Hall–Kier alpha value is -1.87. The van der Waals surface area contributed by atoms with E-state index in [0.717, 1.165) is 0 Å². The van der Waals surface area contributed by atoms with Gasteiger partial charge in [-0.25, -0.2) is 10.3 Å². The number of nitrogens with two attached hydrogens (primary N) is 1. The van der Waals surface area contributed by atoms with Crippen LogP contribution in [0.5, 0.6) is 0 Å². The molecule has 0 aliphatic carbocycles. The average Bonchev–Trinajstić information content (AvgIpc) is 2.61. The Morgan fingerprint density at radius 3 is 2.84 bits per heavy atom. The number of hydrogen-bond acceptors (Lipinski definition) is 5. The minimum Gasteiger partial charge on any atom is -0.368 e. The van der Waals surface area contributed by atoms with Crippen LogP contribution >= 0.6 is 0 Å². The van der Waals surface area contributed by atoms with Crippen LogP contribution in [-0.2, 0) is 19.3 Å². The predicted molar refractivity (Wildman–Crippen MR) is 61.0 cm³/mol. The van der Waals surface area contributed by atoms with E-state index in [0.29, 0.717) is 19.4 Å². The van der Waals surface area contributed by atoms with E-state index in [1.165, 1.54) is 17.1 Å². The van der Waals surface area contributed by atoms with Crippen molar-refractivity contribution in [3.63, 3.8) is 0 Å². The molecule has 2 saturated heterocycles. The van der Waals surface area contributed by atoms with Crippen LogP contribution in [-0.4, -0.2) is 60.2 Å². The molecule has 2 unspecified atom stereocenters. The highest BCUT2D eigenvalue weighted by atomic mass is 16.7. The highest BCUT2D eigenvalue weighted by Crippen LogP contribution is 2.29. The Balaban J connectivity index is 1.93. The third-order valence-electron chi connectivity index (χ3n) is 3.21. The predicted octanol–water partition coefficient (Wildman–Crippen LogP) is -1.65. The summed E-state index contributed by atoms with van der Waals surface area (Å²) in [6, 6.07) is -0.968. The zero-order chi connectivity index (χ0) is 14.0. The maximum atomic E-state index is 11.9. The van der Waals surface area contributed by atoms with Gasteiger partial charge in [-0.05, 0) is 12.8 Å². The fourth-order valence-electron chi connectivity index (χ4n) is 2.38. The van der Waals surface area contributed by atoms with Crippen LogP contribution in [0.25, 0.3) is 0 Å². The molecule has 9 nitrogen and oxygen atoms in total. The largest absolute Gasteiger partial charge is 0.368 e. The molecular weight excluding hydrogens is 256 g/mol. The first kappa shape index (κ1) is 13.6. The summed E-state index contributed by atoms with van der Waals surface area (Å²) in [5.41, 5.74) is 7.00. The van der Waals surface area contributed by atoms with E-state index in [2.05, 4.69) is 10.3 Å². The van der Waals surface area contributed by atoms with E-state index in [1.807, 2.05) is 0 Å². The summed E-state index contributed by atoms with van der Waals surface area (Å²) in [6.07, 6.45) is 1.19. The maximum Gasteiger partial charge on any atom is 0.345 e. The monoisotopic (exact) mass is 272 g/mol. The van der Waals surface area contributed by atoms with Crippen LogP contribution in [0.1, 0.15) is 12.8 Å². The van der Waals surface area contributed by atoms with Gasteiger partial charge in [0.25, 0.3) is 5.91 Å². The number of urea groups is 1. The van der Waals surface area contributed by atoms with Crippen molar-refractivity contribution in [1.29, 1.82) is 0 Å². The van der Waals surface area contributed by atoms with E-state index < -0.39 is 24.5 Å². The van der Waals surface area contributed by atoms with E-state index in [9.17, 15) is 14.4 Å². The lowest BCUT2D eigenvalue weighted by Gasteiger charge is -2.28. The molecule has 0 saturated carbocycles. The molecule has 2 fully saturated rings. The van der Waals surface area contributed by atoms with Crippen molar-refractivity contribution in [3.05, 3.63) is 0 Å². The first-order chi connectivity index (χ1) is 9.04. The van der Waals surface area contributed by atoms with Crippen molar-refractivity contribution >= 4 is 17.8 Å². The fraction of sp³-hybridized carbons (Fsp3) is 0.700. The van der Waals surface area contributed by atoms with E-state index >= 15 is 0 Å². The summed E-state index contributed by atoms with van der Waals surface area (Å²) < 4.78 is 0. The van der Waals surface area contributed by atoms with Gasteiger partial charge in [-0.15, -0.1) is 0 Å². The molecule has 0 spiro atoms. The first-order valence-electron chi connectivity index (χ1n) is 5.88. The second-order valence-corrected chi connectivity index (χ2v) is 4.41. The molecule has 4 amide bonds. The van der Waals surface area contributed by atoms with E-state index in [-0.39, 0.29) is 12.1 Å². The summed E-state index contributed by atoms with van der Waals surface area (Å²) >= 11 is 0. The van der Waals surface area contributed by atoms with Crippen molar-refractivity contribution < 1.29 is 24.1 Å². The first-order valence-corrected chi connectivity index (χ1v) is 5.88. The lowest BCUT2D eigenvalue weighted by atomic mass is 10.0. The van der Waals surface area contributed by atoms with Crippen LogP contribution < -0.4 is 11.2 Å². The molecule has 0 radical (unpaired) electrons. The number of carbonyl (C=O) groups excluding carboxylic acids is 3. The summed E-state index contributed by atoms with van der Waals surface area (Å²) in [4.78, 5) is 45.4. The zero-order valence-electron chi connectivity index (χ0n) is 10.5. The Morgan fingerprint density at radius 2 is 2.21 bits per heavy atom. The van der Waals surface area contributed by atoms with Gasteiger partial charge in [0.05, 0.1) is 13.2 Å². The standard InChI is InChI=1S/C10H16N4O5/c1-18-14-6-2-3-7(13(4-6)10(14)17)9(16)12-19-5-8(11)15/h6-7H,2-5H2,1H3,(H2,11,15)(H,12,16). The number of piperidine rings is 1. The van der Waals surface area contributed by atoms with Gasteiger partial charge in [0.2, 0.25) is 5.91 Å². The highest BCUT2D eigenvalue weighted by Gasteiger charge is 2.47. The van der Waals surface area contributed by atoms with Crippen LogP contribution in [0, 0.1) is 0 Å². The van der Waals surface area contributed by atoms with Crippen molar-refractivity contribution in [2.24, 2.45) is 5.73 Å². The van der Waals surface area contributed by atoms with Crippen molar-refractivity contribution in [2.45, 2.75) is 24.9 Å². The van der Waals surface area contributed by atoms with Crippen LogP contribution in [0.4, 0.5) is 4.79 Å². The Labute approximate surface area is 109 Å². The third-order valence-corrected chi connectivity index (χ3v) is 3.21. The Kier molecular flexibility index (Phi) is 3.86. The molecule has 3 N–H and O–H groups in total. The molecule has 2 atom stereocenters. The lowest BCUT2D eigenvalue weighted by Crippen LogP contribution is -2.50. The molecule has 9 heteroatoms. The van der Waals surface area contributed by atoms with Crippen molar-refractivity contribution in [2.75, 3.05) is 20.3 Å². The minimum atomic E-state index is -0.688. The topological polar surface area (TPSA) is 114 Å². The smallest absolute Gasteiger partial charge is 0.345 e. The fourth-order valence-corrected chi connectivity index (χ4v) is 2.38. The molecular formula is C10H16N4O5. The number of fused-ring (bicyclic) bond motifs is 2. The highest BCUT2D eigenvalue weighted by molar-refractivity contribution is 5.88. The molecule has 0 aromatic heterocycles. The van der Waals surface area contributed by atoms with Gasteiger partial charge >= 0.3 is 6.03 Å². The SMILES string of the molecule is CON1C(=O)N2CC1CCC2C(=O)NOCC(N)=O. The zero-order valence-corrected chi connectivity index (χ0v) is 10.5. The quantitative estimate of drug-likeness (QED) is 0.582. The number of nitrogens with one attached hydrogen (secondary N) is 1. The summed E-state index contributed by atoms with van der Waals surface area (Å²) in [5, 5.41) is 1.28. The summed E-state index contributed by atoms with van der Waals surface area (Å²) in [7, 11) is 1.42. The molecule has 2 aliphatic rings. The van der Waals surface area contributed by atoms with Gasteiger partial charge in [-0.2, -0.15) is 5.06 Å². The van der Waals surface area contributed by atoms with Crippen LogP contribution in [0.15, 0.2) is 0 Å². The molecule has 106 valence electrons. The number of rotatable bonds is 5. The van der Waals surface area contributed by atoms with E-state index in [1.54, 1.807) is 0 Å². The number of nitrogens with zero attached hydrogens (tertiary/aromatic N) is 2. The van der Waals surface area contributed by atoms with Gasteiger partial charge in [-0.1, -0.05) is 0 Å². The number of hydroxylamine groups is 3. The van der Waals surface area contributed by atoms with Gasteiger partial charge in [0.1, 0.15) is 6.04 Å². The number of primary amides is 1. The van der Waals surface area contributed by atoms with Gasteiger partial charge in [0, 0.05) is 6.54 Å². The molecule has 2 aliphatic heterocycles. The minimum absolute atomic E-state index is 0.0203. The van der Waals surface area contributed by atoms with Crippen LogP contribution in [0.2, 0.25) is 0 Å². The number of amides is 4.